The van der Waals surface area contributed by atoms with Crippen molar-refractivity contribution < 1.29 is 8.42 Å². The lowest BCUT2D eigenvalue weighted by Gasteiger charge is -2.17. The highest BCUT2D eigenvalue weighted by molar-refractivity contribution is 7.99. The molecular formula is C19H17ClN2O2S2. The van der Waals surface area contributed by atoms with E-state index in [0.717, 1.165) is 10.6 Å². The molecule has 1 aromatic heterocycles. The SMILES string of the molecule is O=S(=O)(NCC(Sc1ccccn1)c1ccccc1)c1ccc(Cl)cc1. The Bertz CT molecular complexity index is 934. The second kappa shape index (κ2) is 8.68. The van der Waals surface area contributed by atoms with Crippen LogP contribution in [0.25, 0.3) is 0 Å². The normalized spacial score (nSPS) is 12.7. The predicted octanol–water partition coefficient (Wildman–Crippen LogP) is 4.55. The van der Waals surface area contributed by atoms with E-state index in [9.17, 15) is 8.42 Å². The molecule has 0 spiro atoms. The van der Waals surface area contributed by atoms with Crippen molar-refractivity contribution in [2.24, 2.45) is 0 Å². The molecule has 0 amide bonds. The van der Waals surface area contributed by atoms with Crippen molar-refractivity contribution in [3.8, 4) is 0 Å². The number of nitrogens with one attached hydrogen (secondary N) is 1. The van der Waals surface area contributed by atoms with Crippen LogP contribution in [-0.2, 0) is 10.0 Å². The fraction of sp³-hybridized carbons (Fsp3) is 0.105. The first-order valence-electron chi connectivity index (χ1n) is 7.92. The van der Waals surface area contributed by atoms with E-state index in [1.54, 1.807) is 18.3 Å². The zero-order chi connectivity index (χ0) is 18.4. The van der Waals surface area contributed by atoms with E-state index in [1.807, 2.05) is 48.5 Å². The third kappa shape index (κ3) is 5.08. The van der Waals surface area contributed by atoms with Crippen LogP contribution in [0, 0.1) is 0 Å². The van der Waals surface area contributed by atoms with Gasteiger partial charge in [-0.25, -0.2) is 18.1 Å². The van der Waals surface area contributed by atoms with Gasteiger partial charge in [0, 0.05) is 23.0 Å². The van der Waals surface area contributed by atoms with Gasteiger partial charge in [-0.05, 0) is 42.0 Å². The van der Waals surface area contributed by atoms with Crippen LogP contribution in [-0.4, -0.2) is 19.9 Å². The van der Waals surface area contributed by atoms with Gasteiger partial charge in [0.25, 0.3) is 0 Å². The van der Waals surface area contributed by atoms with Crippen LogP contribution in [0.4, 0.5) is 0 Å². The first kappa shape index (κ1) is 18.9. The number of pyridine rings is 1. The van der Waals surface area contributed by atoms with Crippen LogP contribution in [0.1, 0.15) is 10.8 Å². The molecule has 1 atom stereocenters. The fourth-order valence-corrected chi connectivity index (χ4v) is 4.65. The summed E-state index contributed by atoms with van der Waals surface area (Å²) in [6.07, 6.45) is 1.72. The number of benzene rings is 2. The molecule has 0 aliphatic carbocycles. The third-order valence-corrected chi connectivity index (χ3v) is 6.55. The van der Waals surface area contributed by atoms with Gasteiger partial charge in [-0.1, -0.05) is 59.8 Å². The Morgan fingerprint density at radius 2 is 1.65 bits per heavy atom. The Kier molecular flexibility index (Phi) is 6.32. The van der Waals surface area contributed by atoms with Crippen molar-refractivity contribution in [2.45, 2.75) is 15.2 Å². The Hall–Kier alpha value is -1.86. The summed E-state index contributed by atoms with van der Waals surface area (Å²) in [6, 6.07) is 21.6. The number of nitrogens with zero attached hydrogens (tertiary/aromatic N) is 1. The predicted molar refractivity (Wildman–Crippen MR) is 106 cm³/mol. The molecule has 0 aliphatic rings. The second-order valence-corrected chi connectivity index (χ2v) is 8.92. The molecular weight excluding hydrogens is 388 g/mol. The monoisotopic (exact) mass is 404 g/mol. The zero-order valence-corrected chi connectivity index (χ0v) is 16.1. The molecule has 3 rings (SSSR count). The number of rotatable bonds is 7. The van der Waals surface area contributed by atoms with Crippen molar-refractivity contribution in [1.82, 2.24) is 9.71 Å². The molecule has 1 N–H and O–H groups in total. The summed E-state index contributed by atoms with van der Waals surface area (Å²) in [5.74, 6) is 0. The minimum atomic E-state index is -3.61. The topological polar surface area (TPSA) is 59.1 Å². The smallest absolute Gasteiger partial charge is 0.240 e. The summed E-state index contributed by atoms with van der Waals surface area (Å²) in [5.41, 5.74) is 1.03. The number of hydrogen-bond donors (Lipinski definition) is 1. The Labute approximate surface area is 162 Å². The lowest BCUT2D eigenvalue weighted by Crippen LogP contribution is -2.27. The van der Waals surface area contributed by atoms with Gasteiger partial charge in [0.1, 0.15) is 0 Å². The average Bonchev–Trinajstić information content (AvgIpc) is 2.67. The summed E-state index contributed by atoms with van der Waals surface area (Å²) in [7, 11) is -3.61. The maximum atomic E-state index is 12.6. The van der Waals surface area contributed by atoms with Gasteiger partial charge in [0.15, 0.2) is 0 Å². The van der Waals surface area contributed by atoms with E-state index >= 15 is 0 Å². The molecule has 4 nitrogen and oxygen atoms in total. The molecule has 0 bridgehead atoms. The van der Waals surface area contributed by atoms with Crippen LogP contribution in [0.3, 0.4) is 0 Å². The van der Waals surface area contributed by atoms with Crippen LogP contribution in [0.15, 0.2) is 88.9 Å². The first-order chi connectivity index (χ1) is 12.5. The number of hydrogen-bond acceptors (Lipinski definition) is 4. The van der Waals surface area contributed by atoms with Gasteiger partial charge in [0.05, 0.1) is 9.92 Å². The summed E-state index contributed by atoms with van der Waals surface area (Å²) in [4.78, 5) is 4.52. The number of thioether (sulfide) groups is 1. The number of sulfonamides is 1. The molecule has 3 aromatic rings. The molecule has 134 valence electrons. The van der Waals surface area contributed by atoms with Gasteiger partial charge in [-0.3, -0.25) is 0 Å². The maximum absolute atomic E-state index is 12.6. The van der Waals surface area contributed by atoms with E-state index in [1.165, 1.54) is 23.9 Å². The highest BCUT2D eigenvalue weighted by atomic mass is 35.5. The number of halogens is 1. The molecule has 1 heterocycles. The van der Waals surface area contributed by atoms with Crippen molar-refractivity contribution in [3.05, 3.63) is 89.6 Å². The van der Waals surface area contributed by atoms with Crippen molar-refractivity contribution in [3.63, 3.8) is 0 Å². The lowest BCUT2D eigenvalue weighted by atomic mass is 10.1. The quantitative estimate of drug-likeness (QED) is 0.587. The summed E-state index contributed by atoms with van der Waals surface area (Å²) >= 11 is 7.36. The van der Waals surface area contributed by atoms with Crippen molar-refractivity contribution in [1.29, 1.82) is 0 Å². The summed E-state index contributed by atoms with van der Waals surface area (Å²) < 4.78 is 27.8. The standard InChI is InChI=1S/C19H17ClN2O2S2/c20-16-9-11-17(12-10-16)26(23,24)22-14-18(15-6-2-1-3-7-15)25-19-8-4-5-13-21-19/h1-13,18,22H,14H2. The van der Waals surface area contributed by atoms with E-state index in [0.29, 0.717) is 5.02 Å². The lowest BCUT2D eigenvalue weighted by molar-refractivity contribution is 0.581. The van der Waals surface area contributed by atoms with Gasteiger partial charge in [0.2, 0.25) is 10.0 Å². The van der Waals surface area contributed by atoms with Crippen molar-refractivity contribution in [2.75, 3.05) is 6.54 Å². The van der Waals surface area contributed by atoms with Crippen LogP contribution < -0.4 is 4.72 Å². The van der Waals surface area contributed by atoms with E-state index < -0.39 is 10.0 Å². The molecule has 7 heteroatoms. The van der Waals surface area contributed by atoms with Crippen molar-refractivity contribution >= 4 is 33.4 Å². The highest BCUT2D eigenvalue weighted by Crippen LogP contribution is 2.33. The van der Waals surface area contributed by atoms with E-state index in [2.05, 4.69) is 9.71 Å². The molecule has 0 radical (unpaired) electrons. The largest absolute Gasteiger partial charge is 0.250 e. The molecule has 26 heavy (non-hydrogen) atoms. The Morgan fingerprint density at radius 3 is 2.31 bits per heavy atom. The molecule has 2 aromatic carbocycles. The molecule has 1 unspecified atom stereocenters. The van der Waals surface area contributed by atoms with Gasteiger partial charge in [-0.2, -0.15) is 0 Å². The van der Waals surface area contributed by atoms with Gasteiger partial charge < -0.3 is 0 Å². The highest BCUT2D eigenvalue weighted by Gasteiger charge is 2.19. The average molecular weight is 405 g/mol. The van der Waals surface area contributed by atoms with Gasteiger partial charge in [-0.15, -0.1) is 0 Å². The van der Waals surface area contributed by atoms with Gasteiger partial charge >= 0.3 is 0 Å². The molecule has 0 aliphatic heterocycles. The Balaban J connectivity index is 1.78. The zero-order valence-electron chi connectivity index (χ0n) is 13.7. The number of aromatic nitrogens is 1. The Morgan fingerprint density at radius 1 is 0.962 bits per heavy atom. The van der Waals surface area contributed by atoms with E-state index in [4.69, 9.17) is 11.6 Å². The van der Waals surface area contributed by atoms with Crippen LogP contribution in [0.2, 0.25) is 5.02 Å². The van der Waals surface area contributed by atoms with E-state index in [-0.39, 0.29) is 16.7 Å². The molecule has 0 fully saturated rings. The third-order valence-electron chi connectivity index (χ3n) is 3.65. The summed E-state index contributed by atoms with van der Waals surface area (Å²) in [6.45, 7) is 0.246. The van der Waals surface area contributed by atoms with Crippen LogP contribution >= 0.6 is 23.4 Å². The minimum absolute atomic E-state index is 0.104. The maximum Gasteiger partial charge on any atom is 0.240 e. The minimum Gasteiger partial charge on any atom is -0.250 e. The molecule has 0 saturated carbocycles. The molecule has 0 saturated heterocycles. The first-order valence-corrected chi connectivity index (χ1v) is 10.7. The van der Waals surface area contributed by atoms with Crippen LogP contribution in [0.5, 0.6) is 0 Å². The fourth-order valence-electron chi connectivity index (χ4n) is 2.34. The summed E-state index contributed by atoms with van der Waals surface area (Å²) in [5, 5.41) is 1.23. The second-order valence-electron chi connectivity index (χ2n) is 5.49.